The third-order valence-electron chi connectivity index (χ3n) is 4.20. The highest BCUT2D eigenvalue weighted by atomic mass is 79.9. The molecule has 1 amide bonds. The van der Waals surface area contributed by atoms with Gasteiger partial charge in [0.2, 0.25) is 5.78 Å². The molecule has 142 valence electrons. The van der Waals surface area contributed by atoms with E-state index in [0.29, 0.717) is 29.0 Å². The van der Waals surface area contributed by atoms with E-state index in [-0.39, 0.29) is 11.7 Å². The van der Waals surface area contributed by atoms with Crippen molar-refractivity contribution in [3.05, 3.63) is 94.5 Å². The van der Waals surface area contributed by atoms with Crippen molar-refractivity contribution in [2.24, 2.45) is 0 Å². The van der Waals surface area contributed by atoms with E-state index in [1.807, 2.05) is 37.3 Å². The number of anilines is 1. The van der Waals surface area contributed by atoms with Gasteiger partial charge in [-0.1, -0.05) is 59.3 Å². The molecule has 1 atom stereocenters. The summed E-state index contributed by atoms with van der Waals surface area (Å²) in [6, 6.07) is 23.3. The highest BCUT2D eigenvalue weighted by Crippen LogP contribution is 2.22. The summed E-state index contributed by atoms with van der Waals surface area (Å²) in [7, 11) is 0. The molecule has 0 aromatic heterocycles. The van der Waals surface area contributed by atoms with E-state index in [4.69, 9.17) is 4.74 Å². The van der Waals surface area contributed by atoms with Gasteiger partial charge in [0.25, 0.3) is 5.91 Å². The summed E-state index contributed by atoms with van der Waals surface area (Å²) < 4.78 is 6.83. The molecule has 0 aliphatic heterocycles. The van der Waals surface area contributed by atoms with Crippen LogP contribution < -0.4 is 10.1 Å². The molecule has 0 spiro atoms. The van der Waals surface area contributed by atoms with Gasteiger partial charge >= 0.3 is 0 Å². The lowest BCUT2D eigenvalue weighted by Crippen LogP contribution is -2.26. The number of hydrogen-bond acceptors (Lipinski definition) is 3. The van der Waals surface area contributed by atoms with Gasteiger partial charge in [0.15, 0.2) is 6.10 Å². The fraction of sp³-hybridized carbons (Fsp3) is 0.130. The number of rotatable bonds is 7. The summed E-state index contributed by atoms with van der Waals surface area (Å²) >= 11 is 3.35. The first-order valence-corrected chi connectivity index (χ1v) is 9.79. The number of benzene rings is 3. The number of ether oxygens (including phenoxy) is 1. The normalized spacial score (nSPS) is 11.5. The summed E-state index contributed by atoms with van der Waals surface area (Å²) in [5, 5.41) is 2.85. The molecule has 0 aliphatic rings. The number of amides is 1. The zero-order chi connectivity index (χ0) is 19.9. The molecule has 0 radical (unpaired) electrons. The summed E-state index contributed by atoms with van der Waals surface area (Å²) in [4.78, 5) is 25.0. The molecule has 3 aromatic rings. The predicted octanol–water partition coefficient (Wildman–Crippen LogP) is 5.74. The first-order valence-electron chi connectivity index (χ1n) is 8.99. The number of carbonyl (C=O) groups excluding carboxylic acids is 2. The third-order valence-corrected chi connectivity index (χ3v) is 4.73. The van der Waals surface area contributed by atoms with Crippen molar-refractivity contribution in [2.45, 2.75) is 19.4 Å². The van der Waals surface area contributed by atoms with Crippen molar-refractivity contribution in [1.29, 1.82) is 0 Å². The van der Waals surface area contributed by atoms with E-state index in [2.05, 4.69) is 21.2 Å². The van der Waals surface area contributed by atoms with Crippen LogP contribution in [0.1, 0.15) is 34.1 Å². The lowest BCUT2D eigenvalue weighted by atomic mass is 10.0. The van der Waals surface area contributed by atoms with Crippen molar-refractivity contribution >= 4 is 33.3 Å². The molecule has 3 rings (SSSR count). The zero-order valence-electron chi connectivity index (χ0n) is 15.4. The third kappa shape index (κ3) is 5.08. The molecular weight excluding hydrogens is 418 g/mol. The van der Waals surface area contributed by atoms with Gasteiger partial charge in [-0.3, -0.25) is 9.59 Å². The summed E-state index contributed by atoms with van der Waals surface area (Å²) in [6.45, 7) is 1.91. The summed E-state index contributed by atoms with van der Waals surface area (Å²) in [5.74, 6) is 0.259. The van der Waals surface area contributed by atoms with Crippen molar-refractivity contribution in [3.8, 4) is 5.75 Å². The van der Waals surface area contributed by atoms with Crippen LogP contribution in [0.15, 0.2) is 83.3 Å². The molecule has 0 unspecified atom stereocenters. The monoisotopic (exact) mass is 437 g/mol. The summed E-state index contributed by atoms with van der Waals surface area (Å²) in [5.41, 5.74) is 1.78. The number of nitrogens with one attached hydrogen (secondary N) is 1. The van der Waals surface area contributed by atoms with Crippen LogP contribution in [0.4, 0.5) is 5.69 Å². The van der Waals surface area contributed by atoms with Crippen LogP contribution in [0, 0.1) is 0 Å². The van der Waals surface area contributed by atoms with Crippen LogP contribution in [0.3, 0.4) is 0 Å². The van der Waals surface area contributed by atoms with Crippen LogP contribution >= 0.6 is 15.9 Å². The van der Waals surface area contributed by atoms with Gasteiger partial charge in [0, 0.05) is 27.4 Å². The molecule has 0 saturated carbocycles. The van der Waals surface area contributed by atoms with Gasteiger partial charge < -0.3 is 10.1 Å². The van der Waals surface area contributed by atoms with E-state index in [0.717, 1.165) is 4.47 Å². The van der Waals surface area contributed by atoms with E-state index in [1.165, 1.54) is 0 Å². The van der Waals surface area contributed by atoms with Crippen molar-refractivity contribution < 1.29 is 14.3 Å². The number of Topliss-reactive ketones (excluding diaryl/α,β-unsaturated/α-hetero) is 1. The Bertz CT molecular complexity index is 955. The Balaban J connectivity index is 1.70. The largest absolute Gasteiger partial charge is 0.482 e. The molecule has 5 heteroatoms. The van der Waals surface area contributed by atoms with Crippen LogP contribution in [-0.4, -0.2) is 17.8 Å². The van der Waals surface area contributed by atoms with Gasteiger partial charge in [-0.2, -0.15) is 0 Å². The maximum absolute atomic E-state index is 12.7. The van der Waals surface area contributed by atoms with Gasteiger partial charge in [0.1, 0.15) is 5.75 Å². The Morgan fingerprint density at radius 3 is 2.32 bits per heavy atom. The maximum Gasteiger partial charge on any atom is 0.255 e. The van der Waals surface area contributed by atoms with Gasteiger partial charge in [-0.05, 0) is 42.8 Å². The van der Waals surface area contributed by atoms with E-state index in [9.17, 15) is 9.59 Å². The Morgan fingerprint density at radius 1 is 0.929 bits per heavy atom. The minimum absolute atomic E-state index is 0.0626. The molecule has 1 N–H and O–H groups in total. The average Bonchev–Trinajstić information content (AvgIpc) is 2.73. The van der Waals surface area contributed by atoms with Gasteiger partial charge in [-0.25, -0.2) is 0 Å². The van der Waals surface area contributed by atoms with Crippen molar-refractivity contribution in [2.75, 3.05) is 5.32 Å². The van der Waals surface area contributed by atoms with E-state index < -0.39 is 6.10 Å². The number of hydrogen-bond donors (Lipinski definition) is 1. The Hall–Kier alpha value is -2.92. The SMILES string of the molecule is CC[C@H](Oc1cccc(NC(=O)c2ccc(Br)cc2)c1)C(=O)c1ccccc1. The van der Waals surface area contributed by atoms with Crippen molar-refractivity contribution in [3.63, 3.8) is 0 Å². The highest BCUT2D eigenvalue weighted by Gasteiger charge is 2.20. The lowest BCUT2D eigenvalue weighted by Gasteiger charge is -2.17. The molecule has 0 bridgehead atoms. The fourth-order valence-electron chi connectivity index (χ4n) is 2.73. The molecule has 3 aromatic carbocycles. The smallest absolute Gasteiger partial charge is 0.255 e. The Kier molecular flexibility index (Phi) is 6.61. The number of ketones is 1. The second-order valence-electron chi connectivity index (χ2n) is 6.23. The Labute approximate surface area is 172 Å². The number of carbonyl (C=O) groups is 2. The second kappa shape index (κ2) is 9.33. The summed E-state index contributed by atoms with van der Waals surface area (Å²) in [6.07, 6.45) is -0.0386. The predicted molar refractivity (Wildman–Crippen MR) is 114 cm³/mol. The van der Waals surface area contributed by atoms with Crippen molar-refractivity contribution in [1.82, 2.24) is 0 Å². The first kappa shape index (κ1) is 19.8. The highest BCUT2D eigenvalue weighted by molar-refractivity contribution is 9.10. The standard InChI is InChI=1S/C23H20BrNO3/c1-2-21(22(26)16-7-4-3-5-8-16)28-20-10-6-9-19(15-20)25-23(27)17-11-13-18(24)14-12-17/h3-15,21H,2H2,1H3,(H,25,27)/t21-/m0/s1. The van der Waals surface area contributed by atoms with Gasteiger partial charge in [-0.15, -0.1) is 0 Å². The van der Waals surface area contributed by atoms with Crippen LogP contribution in [0.25, 0.3) is 0 Å². The minimum Gasteiger partial charge on any atom is -0.482 e. The lowest BCUT2D eigenvalue weighted by molar-refractivity contribution is 0.0786. The van der Waals surface area contributed by atoms with Gasteiger partial charge in [0.05, 0.1) is 0 Å². The van der Waals surface area contributed by atoms with E-state index >= 15 is 0 Å². The molecule has 0 fully saturated rings. The minimum atomic E-state index is -0.583. The molecule has 0 heterocycles. The quantitative estimate of drug-likeness (QED) is 0.479. The average molecular weight is 438 g/mol. The molecular formula is C23H20BrNO3. The second-order valence-corrected chi connectivity index (χ2v) is 7.15. The topological polar surface area (TPSA) is 55.4 Å². The number of halogens is 1. The van der Waals surface area contributed by atoms with Crippen LogP contribution in [0.5, 0.6) is 5.75 Å². The Morgan fingerprint density at radius 2 is 1.64 bits per heavy atom. The maximum atomic E-state index is 12.7. The molecule has 0 saturated heterocycles. The zero-order valence-corrected chi connectivity index (χ0v) is 17.0. The van der Waals surface area contributed by atoms with Crippen LogP contribution in [-0.2, 0) is 0 Å². The fourth-order valence-corrected chi connectivity index (χ4v) is 2.99. The van der Waals surface area contributed by atoms with Crippen LogP contribution in [0.2, 0.25) is 0 Å². The molecule has 28 heavy (non-hydrogen) atoms. The molecule has 4 nitrogen and oxygen atoms in total. The van der Waals surface area contributed by atoms with E-state index in [1.54, 1.807) is 48.5 Å². The molecule has 0 aliphatic carbocycles. The first-order chi connectivity index (χ1) is 13.6.